The summed E-state index contributed by atoms with van der Waals surface area (Å²) in [5.41, 5.74) is 0. The summed E-state index contributed by atoms with van der Waals surface area (Å²) in [6, 6.07) is 0.641. The Morgan fingerprint density at radius 2 is 2.06 bits per heavy atom. The summed E-state index contributed by atoms with van der Waals surface area (Å²) >= 11 is 0. The molecule has 0 bridgehead atoms. The quantitative estimate of drug-likeness (QED) is 0.703. The maximum absolute atomic E-state index is 12.0. The largest absolute Gasteiger partial charge is 0.326 e. The van der Waals surface area contributed by atoms with Gasteiger partial charge in [0, 0.05) is 12.6 Å². The molecule has 0 spiro atoms. The van der Waals surface area contributed by atoms with Crippen LogP contribution >= 0.6 is 0 Å². The van der Waals surface area contributed by atoms with Crippen LogP contribution in [0.15, 0.2) is 0 Å². The standard InChI is InChI=1S/C14H29N3O/c1-6-13-14(18)17(12(4)15-13)10-8-7-9-16(5)11(2)3/h11-13,15H,6-10H2,1-5H3. The third kappa shape index (κ3) is 3.95. The average Bonchev–Trinajstić information content (AvgIpc) is 2.60. The minimum atomic E-state index is 0.0401. The highest BCUT2D eigenvalue weighted by Crippen LogP contribution is 2.13. The van der Waals surface area contributed by atoms with Crippen LogP contribution in [0.5, 0.6) is 0 Å². The van der Waals surface area contributed by atoms with Gasteiger partial charge in [0.1, 0.15) is 0 Å². The minimum absolute atomic E-state index is 0.0401. The molecule has 0 aromatic rings. The van der Waals surface area contributed by atoms with E-state index in [4.69, 9.17) is 0 Å². The zero-order chi connectivity index (χ0) is 13.7. The SMILES string of the molecule is CCC1NC(C)N(CCCCN(C)C(C)C)C1=O. The Hall–Kier alpha value is -0.610. The number of hydrogen-bond donors (Lipinski definition) is 1. The summed E-state index contributed by atoms with van der Waals surface area (Å²) in [7, 11) is 2.16. The molecular formula is C14H29N3O. The fourth-order valence-electron chi connectivity index (χ4n) is 2.34. The highest BCUT2D eigenvalue weighted by atomic mass is 16.2. The molecule has 1 amide bonds. The van der Waals surface area contributed by atoms with Crippen molar-refractivity contribution in [3.8, 4) is 0 Å². The zero-order valence-corrected chi connectivity index (χ0v) is 12.6. The Morgan fingerprint density at radius 3 is 2.56 bits per heavy atom. The lowest BCUT2D eigenvalue weighted by Gasteiger charge is -2.23. The van der Waals surface area contributed by atoms with Crippen molar-refractivity contribution >= 4 is 5.91 Å². The lowest BCUT2D eigenvalue weighted by molar-refractivity contribution is -0.129. The molecule has 0 aromatic heterocycles. The van der Waals surface area contributed by atoms with E-state index in [1.54, 1.807) is 0 Å². The van der Waals surface area contributed by atoms with Gasteiger partial charge in [-0.1, -0.05) is 6.92 Å². The highest BCUT2D eigenvalue weighted by Gasteiger charge is 2.34. The molecule has 1 fully saturated rings. The van der Waals surface area contributed by atoms with Gasteiger partial charge in [-0.15, -0.1) is 0 Å². The van der Waals surface area contributed by atoms with E-state index in [2.05, 4.69) is 45.0 Å². The van der Waals surface area contributed by atoms with Crippen molar-refractivity contribution in [2.75, 3.05) is 20.1 Å². The molecule has 1 heterocycles. The summed E-state index contributed by atoms with van der Waals surface area (Å²) in [4.78, 5) is 16.4. The van der Waals surface area contributed by atoms with E-state index >= 15 is 0 Å². The summed E-state index contributed by atoms with van der Waals surface area (Å²) in [6.45, 7) is 10.6. The number of rotatable bonds is 7. The summed E-state index contributed by atoms with van der Waals surface area (Å²) in [5.74, 6) is 0.280. The number of carbonyl (C=O) groups is 1. The van der Waals surface area contributed by atoms with Gasteiger partial charge in [0.05, 0.1) is 12.2 Å². The maximum Gasteiger partial charge on any atom is 0.240 e. The Balaban J connectivity index is 2.25. The lowest BCUT2D eigenvalue weighted by Crippen LogP contribution is -2.36. The molecule has 0 aromatic carbocycles. The molecule has 1 aliphatic heterocycles. The van der Waals surface area contributed by atoms with Gasteiger partial charge in [0.15, 0.2) is 0 Å². The summed E-state index contributed by atoms with van der Waals surface area (Å²) < 4.78 is 0. The van der Waals surface area contributed by atoms with Crippen LogP contribution in [0.25, 0.3) is 0 Å². The molecule has 106 valence electrons. The fraction of sp³-hybridized carbons (Fsp3) is 0.929. The number of hydrogen-bond acceptors (Lipinski definition) is 3. The molecule has 1 aliphatic rings. The van der Waals surface area contributed by atoms with Gasteiger partial charge in [-0.2, -0.15) is 0 Å². The van der Waals surface area contributed by atoms with Crippen molar-refractivity contribution in [2.45, 2.75) is 65.2 Å². The topological polar surface area (TPSA) is 35.6 Å². The van der Waals surface area contributed by atoms with E-state index in [9.17, 15) is 4.79 Å². The Kier molecular flexibility index (Phi) is 6.09. The van der Waals surface area contributed by atoms with Crippen molar-refractivity contribution in [3.05, 3.63) is 0 Å². The van der Waals surface area contributed by atoms with Crippen LogP contribution in [-0.2, 0) is 4.79 Å². The Labute approximate surface area is 112 Å². The number of nitrogens with zero attached hydrogens (tertiary/aromatic N) is 2. The molecule has 2 atom stereocenters. The van der Waals surface area contributed by atoms with E-state index in [0.29, 0.717) is 6.04 Å². The maximum atomic E-state index is 12.0. The molecule has 4 heteroatoms. The minimum Gasteiger partial charge on any atom is -0.326 e. The van der Waals surface area contributed by atoms with E-state index < -0.39 is 0 Å². The number of amides is 1. The summed E-state index contributed by atoms with van der Waals surface area (Å²) in [6.07, 6.45) is 3.33. The smallest absolute Gasteiger partial charge is 0.240 e. The van der Waals surface area contributed by atoms with Gasteiger partial charge >= 0.3 is 0 Å². The molecule has 2 unspecified atom stereocenters. The van der Waals surface area contributed by atoms with Gasteiger partial charge in [-0.3, -0.25) is 10.1 Å². The molecule has 1 saturated heterocycles. The van der Waals surface area contributed by atoms with Crippen molar-refractivity contribution in [1.82, 2.24) is 15.1 Å². The molecule has 0 radical (unpaired) electrons. The van der Waals surface area contributed by atoms with Gasteiger partial charge in [0.25, 0.3) is 0 Å². The van der Waals surface area contributed by atoms with E-state index in [-0.39, 0.29) is 18.1 Å². The molecule has 0 aliphatic carbocycles. The van der Waals surface area contributed by atoms with Gasteiger partial charge in [-0.25, -0.2) is 0 Å². The second-order valence-corrected chi connectivity index (χ2v) is 5.62. The average molecular weight is 255 g/mol. The Bertz CT molecular complexity index is 268. The van der Waals surface area contributed by atoms with E-state index in [0.717, 1.165) is 32.4 Å². The van der Waals surface area contributed by atoms with Crippen LogP contribution < -0.4 is 5.32 Å². The Morgan fingerprint density at radius 1 is 1.39 bits per heavy atom. The zero-order valence-electron chi connectivity index (χ0n) is 12.6. The molecule has 1 N–H and O–H groups in total. The monoisotopic (exact) mass is 255 g/mol. The van der Waals surface area contributed by atoms with Crippen molar-refractivity contribution in [2.24, 2.45) is 0 Å². The highest BCUT2D eigenvalue weighted by molar-refractivity contribution is 5.84. The number of unbranched alkanes of at least 4 members (excludes halogenated alkanes) is 1. The van der Waals surface area contributed by atoms with Crippen LogP contribution in [-0.4, -0.2) is 54.1 Å². The first-order valence-electron chi connectivity index (χ1n) is 7.24. The van der Waals surface area contributed by atoms with E-state index in [1.807, 2.05) is 4.90 Å². The molecule has 0 saturated carbocycles. The van der Waals surface area contributed by atoms with Crippen LogP contribution in [0.2, 0.25) is 0 Å². The number of carbonyl (C=O) groups excluding carboxylic acids is 1. The van der Waals surface area contributed by atoms with E-state index in [1.165, 1.54) is 0 Å². The molecule has 4 nitrogen and oxygen atoms in total. The first-order chi connectivity index (χ1) is 8.47. The van der Waals surface area contributed by atoms with Crippen molar-refractivity contribution in [1.29, 1.82) is 0 Å². The summed E-state index contributed by atoms with van der Waals surface area (Å²) in [5, 5.41) is 3.34. The molecule has 1 rings (SSSR count). The first kappa shape index (κ1) is 15.4. The molecular weight excluding hydrogens is 226 g/mol. The lowest BCUT2D eigenvalue weighted by atomic mass is 10.2. The normalized spacial score (nSPS) is 24.6. The van der Waals surface area contributed by atoms with Gasteiger partial charge in [-0.05, 0) is 53.6 Å². The number of nitrogens with one attached hydrogen (secondary N) is 1. The fourth-order valence-corrected chi connectivity index (χ4v) is 2.34. The third-order valence-electron chi connectivity index (χ3n) is 3.94. The van der Waals surface area contributed by atoms with Crippen LogP contribution in [0.4, 0.5) is 0 Å². The van der Waals surface area contributed by atoms with Crippen molar-refractivity contribution in [3.63, 3.8) is 0 Å². The molecule has 18 heavy (non-hydrogen) atoms. The van der Waals surface area contributed by atoms with Crippen LogP contribution in [0.3, 0.4) is 0 Å². The van der Waals surface area contributed by atoms with Crippen LogP contribution in [0.1, 0.15) is 47.0 Å². The van der Waals surface area contributed by atoms with Gasteiger partial charge < -0.3 is 9.80 Å². The van der Waals surface area contributed by atoms with Crippen LogP contribution in [0, 0.1) is 0 Å². The second kappa shape index (κ2) is 7.10. The van der Waals surface area contributed by atoms with Gasteiger partial charge in [0.2, 0.25) is 5.91 Å². The second-order valence-electron chi connectivity index (χ2n) is 5.62. The predicted octanol–water partition coefficient (Wildman–Crippen LogP) is 1.66. The predicted molar refractivity (Wildman–Crippen MR) is 75.4 cm³/mol. The van der Waals surface area contributed by atoms with Crippen molar-refractivity contribution < 1.29 is 4.79 Å². The first-order valence-corrected chi connectivity index (χ1v) is 7.24. The third-order valence-corrected chi connectivity index (χ3v) is 3.94.